The van der Waals surface area contributed by atoms with Crippen LogP contribution in [0.25, 0.3) is 0 Å². The Hall–Kier alpha value is -1.42. The van der Waals surface area contributed by atoms with Crippen LogP contribution in [0, 0.1) is 0 Å². The zero-order valence-electron chi connectivity index (χ0n) is 10.1. The smallest absolute Gasteiger partial charge is 0.339 e. The lowest BCUT2D eigenvalue weighted by molar-refractivity contribution is 0.0692. The molecule has 20 heavy (non-hydrogen) atoms. The van der Waals surface area contributed by atoms with E-state index in [4.69, 9.17) is 44.6 Å². The van der Waals surface area contributed by atoms with Crippen molar-refractivity contribution in [3.05, 3.63) is 62.6 Å². The standard InChI is InChI=1S/C14H9Cl3O3/c15-8-4-5-13(9(6-8)14(18)19)20-7-10-11(16)2-1-3-12(10)17/h1-6H,7H2,(H,18,19). The second-order valence-electron chi connectivity index (χ2n) is 3.93. The van der Waals surface area contributed by atoms with E-state index in [-0.39, 0.29) is 17.9 Å². The minimum absolute atomic E-state index is 0.0133. The Balaban J connectivity index is 2.25. The molecule has 0 aliphatic heterocycles. The normalized spacial score (nSPS) is 10.3. The number of carboxylic acid groups (broad SMARTS) is 1. The molecule has 1 N–H and O–H groups in total. The highest BCUT2D eigenvalue weighted by Gasteiger charge is 2.13. The first kappa shape index (κ1) is 15.0. The third-order valence-corrected chi connectivity index (χ3v) is 3.55. The average Bonchev–Trinajstić information content (AvgIpc) is 2.39. The Morgan fingerprint density at radius 2 is 1.75 bits per heavy atom. The van der Waals surface area contributed by atoms with Crippen molar-refractivity contribution < 1.29 is 14.6 Å². The molecule has 0 heterocycles. The van der Waals surface area contributed by atoms with Gasteiger partial charge in [0.15, 0.2) is 0 Å². The monoisotopic (exact) mass is 330 g/mol. The topological polar surface area (TPSA) is 46.5 Å². The zero-order valence-corrected chi connectivity index (χ0v) is 12.3. The lowest BCUT2D eigenvalue weighted by Crippen LogP contribution is -2.04. The van der Waals surface area contributed by atoms with Gasteiger partial charge in [-0.3, -0.25) is 0 Å². The maximum Gasteiger partial charge on any atom is 0.339 e. The van der Waals surface area contributed by atoms with Crippen LogP contribution in [0.4, 0.5) is 0 Å². The molecule has 2 rings (SSSR count). The van der Waals surface area contributed by atoms with Crippen LogP contribution in [-0.2, 0) is 6.61 Å². The lowest BCUT2D eigenvalue weighted by atomic mass is 10.2. The predicted molar refractivity (Wildman–Crippen MR) is 79.2 cm³/mol. The number of carboxylic acids is 1. The van der Waals surface area contributed by atoms with Crippen LogP contribution >= 0.6 is 34.8 Å². The van der Waals surface area contributed by atoms with Crippen molar-refractivity contribution in [3.63, 3.8) is 0 Å². The van der Waals surface area contributed by atoms with E-state index >= 15 is 0 Å². The molecule has 0 aromatic heterocycles. The summed E-state index contributed by atoms with van der Waals surface area (Å²) in [5.41, 5.74) is 0.586. The van der Waals surface area contributed by atoms with Gasteiger partial charge in [-0.05, 0) is 30.3 Å². The summed E-state index contributed by atoms with van der Waals surface area (Å²) in [6.07, 6.45) is 0. The van der Waals surface area contributed by atoms with Crippen LogP contribution in [0.5, 0.6) is 5.75 Å². The molecule has 0 aliphatic carbocycles. The number of hydrogen-bond donors (Lipinski definition) is 1. The Bertz CT molecular complexity index is 636. The molecule has 6 heteroatoms. The van der Waals surface area contributed by atoms with E-state index in [2.05, 4.69) is 0 Å². The summed E-state index contributed by atoms with van der Waals surface area (Å²) in [7, 11) is 0. The van der Waals surface area contributed by atoms with E-state index in [0.717, 1.165) is 0 Å². The molecule has 0 saturated heterocycles. The van der Waals surface area contributed by atoms with Crippen LogP contribution < -0.4 is 4.74 Å². The van der Waals surface area contributed by atoms with Crippen molar-refractivity contribution in [2.24, 2.45) is 0 Å². The van der Waals surface area contributed by atoms with Crippen LogP contribution in [0.3, 0.4) is 0 Å². The largest absolute Gasteiger partial charge is 0.488 e. The summed E-state index contributed by atoms with van der Waals surface area (Å²) in [6, 6.07) is 9.47. The number of aromatic carboxylic acids is 1. The van der Waals surface area contributed by atoms with Crippen molar-refractivity contribution >= 4 is 40.8 Å². The first-order valence-corrected chi connectivity index (χ1v) is 6.71. The van der Waals surface area contributed by atoms with E-state index in [1.165, 1.54) is 12.1 Å². The van der Waals surface area contributed by atoms with Crippen LogP contribution in [-0.4, -0.2) is 11.1 Å². The number of halogens is 3. The Morgan fingerprint density at radius 1 is 1.10 bits per heavy atom. The summed E-state index contributed by atoms with van der Waals surface area (Å²) >= 11 is 17.8. The van der Waals surface area contributed by atoms with E-state index in [1.54, 1.807) is 24.3 Å². The van der Waals surface area contributed by atoms with Gasteiger partial charge in [-0.25, -0.2) is 4.79 Å². The van der Waals surface area contributed by atoms with Gasteiger partial charge in [-0.1, -0.05) is 40.9 Å². The molecule has 3 nitrogen and oxygen atoms in total. The molecule has 0 radical (unpaired) electrons. The minimum atomic E-state index is -1.12. The fraction of sp³-hybridized carbons (Fsp3) is 0.0714. The Morgan fingerprint density at radius 3 is 2.35 bits per heavy atom. The number of hydrogen-bond acceptors (Lipinski definition) is 2. The van der Waals surface area contributed by atoms with Gasteiger partial charge in [0.25, 0.3) is 0 Å². The zero-order chi connectivity index (χ0) is 14.7. The molecule has 0 fully saturated rings. The molecule has 0 aliphatic rings. The molecule has 2 aromatic carbocycles. The fourth-order valence-electron chi connectivity index (χ4n) is 1.62. The molecule has 0 amide bonds. The van der Waals surface area contributed by atoms with Gasteiger partial charge in [-0.2, -0.15) is 0 Å². The van der Waals surface area contributed by atoms with E-state index < -0.39 is 5.97 Å². The maximum atomic E-state index is 11.1. The molecular weight excluding hydrogens is 323 g/mol. The van der Waals surface area contributed by atoms with Gasteiger partial charge < -0.3 is 9.84 Å². The molecule has 2 aromatic rings. The SMILES string of the molecule is O=C(O)c1cc(Cl)ccc1OCc1c(Cl)cccc1Cl. The third-order valence-electron chi connectivity index (χ3n) is 2.61. The first-order chi connectivity index (χ1) is 9.49. The highest BCUT2D eigenvalue weighted by molar-refractivity contribution is 6.36. The van der Waals surface area contributed by atoms with Crippen LogP contribution in [0.1, 0.15) is 15.9 Å². The summed E-state index contributed by atoms with van der Waals surface area (Å²) in [6.45, 7) is 0.0699. The van der Waals surface area contributed by atoms with Crippen molar-refractivity contribution in [3.8, 4) is 5.75 Å². The predicted octanol–water partition coefficient (Wildman–Crippen LogP) is 4.92. The molecule has 0 unspecified atom stereocenters. The van der Waals surface area contributed by atoms with Gasteiger partial charge in [0, 0.05) is 20.6 Å². The highest BCUT2D eigenvalue weighted by Crippen LogP contribution is 2.28. The highest BCUT2D eigenvalue weighted by atomic mass is 35.5. The summed E-state index contributed by atoms with van der Waals surface area (Å²) in [5.74, 6) is -0.911. The van der Waals surface area contributed by atoms with Gasteiger partial charge in [0.05, 0.1) is 0 Å². The Kier molecular flexibility index (Phi) is 4.76. The molecule has 104 valence electrons. The summed E-state index contributed by atoms with van der Waals surface area (Å²) in [5, 5.41) is 10.4. The number of ether oxygens (including phenoxy) is 1. The van der Waals surface area contributed by atoms with Crippen LogP contribution in [0.2, 0.25) is 15.1 Å². The fourth-order valence-corrected chi connectivity index (χ4v) is 2.29. The van der Waals surface area contributed by atoms with Gasteiger partial charge in [0.2, 0.25) is 0 Å². The summed E-state index contributed by atoms with van der Waals surface area (Å²) < 4.78 is 5.49. The number of rotatable bonds is 4. The second kappa shape index (κ2) is 6.35. The maximum absolute atomic E-state index is 11.1. The second-order valence-corrected chi connectivity index (χ2v) is 5.19. The molecule has 0 bridgehead atoms. The lowest BCUT2D eigenvalue weighted by Gasteiger charge is -2.11. The molecular formula is C14H9Cl3O3. The van der Waals surface area contributed by atoms with Gasteiger partial charge in [0.1, 0.15) is 17.9 Å². The van der Waals surface area contributed by atoms with Crippen molar-refractivity contribution in [2.45, 2.75) is 6.61 Å². The van der Waals surface area contributed by atoms with Gasteiger partial charge in [-0.15, -0.1) is 0 Å². The van der Waals surface area contributed by atoms with Crippen molar-refractivity contribution in [1.29, 1.82) is 0 Å². The Labute approximate surface area is 130 Å². The van der Waals surface area contributed by atoms with Crippen molar-refractivity contribution in [2.75, 3.05) is 0 Å². The first-order valence-electron chi connectivity index (χ1n) is 5.57. The molecule has 0 saturated carbocycles. The molecule has 0 spiro atoms. The number of benzene rings is 2. The average molecular weight is 332 g/mol. The van der Waals surface area contributed by atoms with E-state index in [0.29, 0.717) is 20.6 Å². The van der Waals surface area contributed by atoms with E-state index in [1.807, 2.05) is 0 Å². The van der Waals surface area contributed by atoms with Gasteiger partial charge >= 0.3 is 5.97 Å². The van der Waals surface area contributed by atoms with Crippen molar-refractivity contribution in [1.82, 2.24) is 0 Å². The van der Waals surface area contributed by atoms with E-state index in [9.17, 15) is 4.79 Å². The third kappa shape index (κ3) is 3.37. The number of carbonyl (C=O) groups is 1. The van der Waals surface area contributed by atoms with Crippen LogP contribution in [0.15, 0.2) is 36.4 Å². The summed E-state index contributed by atoms with van der Waals surface area (Å²) in [4.78, 5) is 11.1. The molecule has 0 atom stereocenters. The minimum Gasteiger partial charge on any atom is -0.488 e. The quantitative estimate of drug-likeness (QED) is 0.864.